The Labute approximate surface area is 158 Å². The zero-order valence-corrected chi connectivity index (χ0v) is 16.7. The van der Waals surface area contributed by atoms with Crippen molar-refractivity contribution < 1.29 is 14.0 Å². The molecular formula is C20H22N3O3P. The predicted octanol–water partition coefficient (Wildman–Crippen LogP) is 4.58. The van der Waals surface area contributed by atoms with Gasteiger partial charge < -0.3 is 19.4 Å². The number of anilines is 2. The third-order valence-corrected chi connectivity index (χ3v) is 5.43. The molecule has 6 nitrogen and oxygen atoms in total. The van der Waals surface area contributed by atoms with Crippen LogP contribution in [0.5, 0.6) is 17.2 Å². The molecule has 140 valence electrons. The summed E-state index contributed by atoms with van der Waals surface area (Å²) in [5.41, 5.74) is 1.87. The molecule has 0 atom stereocenters. The van der Waals surface area contributed by atoms with Gasteiger partial charge in [0, 0.05) is 23.1 Å². The van der Waals surface area contributed by atoms with Gasteiger partial charge >= 0.3 is 0 Å². The highest BCUT2D eigenvalue weighted by atomic mass is 31.2. The van der Waals surface area contributed by atoms with Crippen LogP contribution in [0.4, 0.5) is 11.5 Å². The van der Waals surface area contributed by atoms with Crippen molar-refractivity contribution in [3.8, 4) is 17.2 Å². The quantitative estimate of drug-likeness (QED) is 0.628. The SMILES string of the molecule is COc1cc(C)cc(Oc2cnnc(Nc3ccc(P(C)(C)=O)cc3)c2)c1. The van der Waals surface area contributed by atoms with Gasteiger partial charge in [-0.25, -0.2) is 0 Å². The number of benzene rings is 2. The van der Waals surface area contributed by atoms with Crippen molar-refractivity contribution in [3.63, 3.8) is 0 Å². The van der Waals surface area contributed by atoms with Crippen LogP contribution in [0, 0.1) is 6.92 Å². The maximum atomic E-state index is 12.1. The maximum Gasteiger partial charge on any atom is 0.156 e. The van der Waals surface area contributed by atoms with Gasteiger partial charge in [0.2, 0.25) is 0 Å². The minimum atomic E-state index is -2.26. The smallest absolute Gasteiger partial charge is 0.156 e. The van der Waals surface area contributed by atoms with Crippen LogP contribution < -0.4 is 20.1 Å². The Bertz CT molecular complexity index is 984. The Morgan fingerprint density at radius 2 is 1.67 bits per heavy atom. The van der Waals surface area contributed by atoms with E-state index >= 15 is 0 Å². The van der Waals surface area contributed by atoms with Gasteiger partial charge in [-0.15, -0.1) is 5.10 Å². The molecule has 0 radical (unpaired) electrons. The first-order valence-electron chi connectivity index (χ1n) is 8.42. The summed E-state index contributed by atoms with van der Waals surface area (Å²) in [6.07, 6.45) is 1.55. The lowest BCUT2D eigenvalue weighted by atomic mass is 10.2. The molecule has 1 heterocycles. The van der Waals surface area contributed by atoms with Gasteiger partial charge in [-0.2, -0.15) is 5.10 Å². The first kappa shape index (κ1) is 18.9. The molecule has 1 aromatic heterocycles. The first-order valence-corrected chi connectivity index (χ1v) is 11.0. The number of aryl methyl sites for hydroxylation is 1. The molecule has 7 heteroatoms. The molecule has 1 N–H and O–H groups in total. The van der Waals surface area contributed by atoms with E-state index in [0.717, 1.165) is 22.3 Å². The summed E-state index contributed by atoms with van der Waals surface area (Å²) < 4.78 is 23.3. The average molecular weight is 383 g/mol. The first-order chi connectivity index (χ1) is 12.8. The van der Waals surface area contributed by atoms with E-state index in [0.29, 0.717) is 17.3 Å². The minimum absolute atomic E-state index is 0.552. The summed E-state index contributed by atoms with van der Waals surface area (Å²) in [5.74, 6) is 2.51. The second-order valence-electron chi connectivity index (χ2n) is 6.59. The third kappa shape index (κ3) is 5.08. The van der Waals surface area contributed by atoms with Crippen LogP contribution in [0.2, 0.25) is 0 Å². The molecule has 0 aliphatic carbocycles. The molecule has 0 fully saturated rings. The monoisotopic (exact) mass is 383 g/mol. The van der Waals surface area contributed by atoms with Crippen LogP contribution in [0.1, 0.15) is 5.56 Å². The van der Waals surface area contributed by atoms with Crippen LogP contribution in [-0.4, -0.2) is 30.6 Å². The summed E-state index contributed by atoms with van der Waals surface area (Å²) in [7, 11) is -0.643. The van der Waals surface area contributed by atoms with E-state index in [1.54, 1.807) is 32.7 Å². The highest BCUT2D eigenvalue weighted by Crippen LogP contribution is 2.35. The fourth-order valence-corrected chi connectivity index (χ4v) is 3.41. The molecule has 3 rings (SSSR count). The van der Waals surface area contributed by atoms with Gasteiger partial charge in [-0.3, -0.25) is 0 Å². The summed E-state index contributed by atoms with van der Waals surface area (Å²) in [5, 5.41) is 12.1. The van der Waals surface area contributed by atoms with Crippen molar-refractivity contribution in [1.82, 2.24) is 10.2 Å². The summed E-state index contributed by atoms with van der Waals surface area (Å²) in [6, 6.07) is 14.9. The van der Waals surface area contributed by atoms with Crippen LogP contribution in [-0.2, 0) is 4.57 Å². The molecule has 2 aromatic carbocycles. The maximum absolute atomic E-state index is 12.1. The van der Waals surface area contributed by atoms with Crippen molar-refractivity contribution in [2.75, 3.05) is 25.8 Å². The topological polar surface area (TPSA) is 73.3 Å². The second-order valence-corrected chi connectivity index (χ2v) is 9.81. The number of methoxy groups -OCH3 is 1. The van der Waals surface area contributed by atoms with E-state index in [-0.39, 0.29) is 0 Å². The molecule has 0 aliphatic rings. The largest absolute Gasteiger partial charge is 0.497 e. The highest BCUT2D eigenvalue weighted by molar-refractivity contribution is 7.70. The molecule has 0 aliphatic heterocycles. The molecule has 0 saturated carbocycles. The van der Waals surface area contributed by atoms with E-state index in [1.165, 1.54) is 0 Å². The molecule has 0 amide bonds. The van der Waals surface area contributed by atoms with Crippen molar-refractivity contribution in [2.45, 2.75) is 6.92 Å². The van der Waals surface area contributed by atoms with Crippen molar-refractivity contribution in [1.29, 1.82) is 0 Å². The molecular weight excluding hydrogens is 361 g/mol. The summed E-state index contributed by atoms with van der Waals surface area (Å²) >= 11 is 0. The van der Waals surface area contributed by atoms with Crippen LogP contribution in [0.15, 0.2) is 54.7 Å². The van der Waals surface area contributed by atoms with Gasteiger partial charge in [0.25, 0.3) is 0 Å². The lowest BCUT2D eigenvalue weighted by Gasteiger charge is -2.11. The molecule has 0 bridgehead atoms. The molecule has 0 spiro atoms. The van der Waals surface area contributed by atoms with E-state index in [4.69, 9.17) is 9.47 Å². The third-order valence-electron chi connectivity index (χ3n) is 3.89. The number of nitrogens with one attached hydrogen (secondary N) is 1. The molecule has 0 saturated heterocycles. The Morgan fingerprint density at radius 3 is 2.33 bits per heavy atom. The van der Waals surface area contributed by atoms with E-state index < -0.39 is 7.14 Å². The molecule has 3 aromatic rings. The van der Waals surface area contributed by atoms with Crippen LogP contribution >= 0.6 is 7.14 Å². The zero-order chi connectivity index (χ0) is 19.4. The lowest BCUT2D eigenvalue weighted by Crippen LogP contribution is -2.03. The molecule has 27 heavy (non-hydrogen) atoms. The number of nitrogens with zero attached hydrogens (tertiary/aromatic N) is 2. The highest BCUT2D eigenvalue weighted by Gasteiger charge is 2.10. The van der Waals surface area contributed by atoms with Crippen LogP contribution in [0.3, 0.4) is 0 Å². The Balaban J connectivity index is 1.76. The van der Waals surface area contributed by atoms with Gasteiger partial charge in [0.1, 0.15) is 18.6 Å². The lowest BCUT2D eigenvalue weighted by molar-refractivity contribution is 0.408. The minimum Gasteiger partial charge on any atom is -0.497 e. The number of ether oxygens (including phenoxy) is 2. The number of hydrogen-bond acceptors (Lipinski definition) is 6. The van der Waals surface area contributed by atoms with E-state index in [9.17, 15) is 4.57 Å². The van der Waals surface area contributed by atoms with E-state index in [2.05, 4.69) is 15.5 Å². The summed E-state index contributed by atoms with van der Waals surface area (Å²) in [6.45, 7) is 5.48. The fourth-order valence-electron chi connectivity index (χ4n) is 2.54. The van der Waals surface area contributed by atoms with Crippen molar-refractivity contribution in [2.24, 2.45) is 0 Å². The zero-order valence-electron chi connectivity index (χ0n) is 15.8. The molecule has 0 unspecified atom stereocenters. The standard InChI is InChI=1S/C20H22N3O3P/c1-14-9-16(25-2)11-17(10-14)26-18-12-20(23-21-13-18)22-15-5-7-19(8-6-15)27(3,4)24/h5-13H,1-4H3,(H,22,23). The average Bonchev–Trinajstić information content (AvgIpc) is 2.61. The second kappa shape index (κ2) is 7.80. The fraction of sp³-hybridized carbons (Fsp3) is 0.200. The van der Waals surface area contributed by atoms with Gasteiger partial charge in [0.15, 0.2) is 11.6 Å². The van der Waals surface area contributed by atoms with Crippen LogP contribution in [0.25, 0.3) is 0 Å². The number of hydrogen-bond donors (Lipinski definition) is 1. The van der Waals surface area contributed by atoms with Gasteiger partial charge in [0.05, 0.1) is 13.3 Å². The van der Waals surface area contributed by atoms with E-state index in [1.807, 2.05) is 49.4 Å². The number of rotatable bonds is 6. The normalized spacial score (nSPS) is 11.1. The predicted molar refractivity (Wildman–Crippen MR) is 109 cm³/mol. The Kier molecular flexibility index (Phi) is 5.47. The van der Waals surface area contributed by atoms with Crippen molar-refractivity contribution >= 4 is 24.0 Å². The Morgan fingerprint density at radius 1 is 0.963 bits per heavy atom. The Hall–Kier alpha value is -2.85. The van der Waals surface area contributed by atoms with Crippen molar-refractivity contribution in [3.05, 3.63) is 60.3 Å². The van der Waals surface area contributed by atoms with Gasteiger partial charge in [-0.05, 0) is 62.2 Å². The van der Waals surface area contributed by atoms with Gasteiger partial charge in [-0.1, -0.05) is 0 Å². The number of aromatic nitrogens is 2. The summed E-state index contributed by atoms with van der Waals surface area (Å²) in [4.78, 5) is 0.